The van der Waals surface area contributed by atoms with Crippen LogP contribution in [0.1, 0.15) is 25.0 Å². The van der Waals surface area contributed by atoms with Gasteiger partial charge in [-0.15, -0.1) is 0 Å². The molecule has 24 heavy (non-hydrogen) atoms. The molecule has 0 aromatic heterocycles. The van der Waals surface area contributed by atoms with E-state index < -0.39 is 34.1 Å². The van der Waals surface area contributed by atoms with Crippen molar-refractivity contribution in [1.29, 1.82) is 0 Å². The molecule has 0 aliphatic carbocycles. The minimum atomic E-state index is -2.28. The standard InChI is InChI=1S/C17H16FNO5/c1-11(2)24-16(20)17(21,12-6-4-3-5-7-12)13-8-9-15(19(22)23)14(18)10-13/h3-11,21H,1-2H3. The molecule has 0 saturated carbocycles. The van der Waals surface area contributed by atoms with Gasteiger partial charge < -0.3 is 9.84 Å². The van der Waals surface area contributed by atoms with E-state index in [1.165, 1.54) is 12.1 Å². The molecular weight excluding hydrogens is 317 g/mol. The Morgan fingerprint density at radius 1 is 1.21 bits per heavy atom. The average Bonchev–Trinajstić information content (AvgIpc) is 2.53. The Hall–Kier alpha value is -2.80. The number of hydrogen-bond acceptors (Lipinski definition) is 5. The van der Waals surface area contributed by atoms with Gasteiger partial charge in [0.2, 0.25) is 11.4 Å². The summed E-state index contributed by atoms with van der Waals surface area (Å²) in [5, 5.41) is 21.8. The molecule has 6 nitrogen and oxygen atoms in total. The molecule has 7 heteroatoms. The van der Waals surface area contributed by atoms with Crippen molar-refractivity contribution in [2.24, 2.45) is 0 Å². The van der Waals surface area contributed by atoms with E-state index in [1.807, 2.05) is 0 Å². The lowest BCUT2D eigenvalue weighted by atomic mass is 9.86. The Bertz CT molecular complexity index is 763. The molecule has 0 radical (unpaired) electrons. The number of rotatable bonds is 5. The van der Waals surface area contributed by atoms with Crippen LogP contribution < -0.4 is 0 Å². The van der Waals surface area contributed by atoms with Crippen LogP contribution in [0.25, 0.3) is 0 Å². The monoisotopic (exact) mass is 333 g/mol. The van der Waals surface area contributed by atoms with Gasteiger partial charge in [0.1, 0.15) is 0 Å². The summed E-state index contributed by atoms with van der Waals surface area (Å²) < 4.78 is 19.1. The van der Waals surface area contributed by atoms with Gasteiger partial charge in [0.05, 0.1) is 11.0 Å². The Labute approximate surface area is 137 Å². The molecule has 1 unspecified atom stereocenters. The van der Waals surface area contributed by atoms with Crippen LogP contribution in [0.2, 0.25) is 0 Å². The third kappa shape index (κ3) is 3.26. The zero-order valence-corrected chi connectivity index (χ0v) is 13.1. The van der Waals surface area contributed by atoms with E-state index in [9.17, 15) is 24.4 Å². The zero-order chi connectivity index (χ0) is 17.9. The van der Waals surface area contributed by atoms with Crippen molar-refractivity contribution in [3.8, 4) is 0 Å². The van der Waals surface area contributed by atoms with Crippen molar-refractivity contribution in [3.05, 3.63) is 75.6 Å². The molecule has 0 bridgehead atoms. The Kier molecular flexibility index (Phi) is 4.94. The van der Waals surface area contributed by atoms with E-state index in [2.05, 4.69) is 0 Å². The first-order chi connectivity index (χ1) is 11.3. The minimum absolute atomic E-state index is 0.151. The summed E-state index contributed by atoms with van der Waals surface area (Å²) in [6, 6.07) is 10.7. The van der Waals surface area contributed by atoms with Gasteiger partial charge in [-0.1, -0.05) is 30.3 Å². The van der Waals surface area contributed by atoms with Crippen LogP contribution in [-0.2, 0) is 15.1 Å². The van der Waals surface area contributed by atoms with Crippen LogP contribution in [0.5, 0.6) is 0 Å². The van der Waals surface area contributed by atoms with Gasteiger partial charge in [0, 0.05) is 11.6 Å². The zero-order valence-electron chi connectivity index (χ0n) is 13.1. The van der Waals surface area contributed by atoms with Crippen molar-refractivity contribution < 1.29 is 24.0 Å². The second-order valence-corrected chi connectivity index (χ2v) is 5.45. The summed E-state index contributed by atoms with van der Waals surface area (Å²) in [4.78, 5) is 22.3. The molecule has 0 spiro atoms. The Morgan fingerprint density at radius 3 is 2.33 bits per heavy atom. The minimum Gasteiger partial charge on any atom is -0.460 e. The second kappa shape index (κ2) is 6.76. The fraction of sp³-hybridized carbons (Fsp3) is 0.235. The lowest BCUT2D eigenvalue weighted by molar-refractivity contribution is -0.387. The fourth-order valence-corrected chi connectivity index (χ4v) is 2.26. The number of aliphatic hydroxyl groups is 1. The molecule has 0 heterocycles. The first-order valence-corrected chi connectivity index (χ1v) is 7.20. The van der Waals surface area contributed by atoms with E-state index in [0.29, 0.717) is 0 Å². The quantitative estimate of drug-likeness (QED) is 0.516. The van der Waals surface area contributed by atoms with Gasteiger partial charge in [0.25, 0.3) is 0 Å². The number of carbonyl (C=O) groups is 1. The van der Waals surface area contributed by atoms with Gasteiger partial charge in [0.15, 0.2) is 0 Å². The first-order valence-electron chi connectivity index (χ1n) is 7.20. The molecule has 1 N–H and O–H groups in total. The smallest absolute Gasteiger partial charge is 0.347 e. The molecule has 2 aromatic rings. The SMILES string of the molecule is CC(C)OC(=O)C(O)(c1ccccc1)c1ccc([N+](=O)[O-])c(F)c1. The molecule has 0 amide bonds. The molecule has 2 aromatic carbocycles. The summed E-state index contributed by atoms with van der Waals surface area (Å²) in [6.45, 7) is 3.22. The Morgan fingerprint density at radius 2 is 1.83 bits per heavy atom. The first kappa shape index (κ1) is 17.6. The number of carbonyl (C=O) groups excluding carboxylic acids is 1. The van der Waals surface area contributed by atoms with Crippen molar-refractivity contribution in [3.63, 3.8) is 0 Å². The number of ether oxygens (including phenoxy) is 1. The van der Waals surface area contributed by atoms with Crippen LogP contribution in [0.4, 0.5) is 10.1 Å². The van der Waals surface area contributed by atoms with E-state index in [4.69, 9.17) is 4.74 Å². The highest BCUT2D eigenvalue weighted by molar-refractivity contribution is 5.85. The molecule has 0 saturated heterocycles. The number of halogens is 1. The summed E-state index contributed by atoms with van der Waals surface area (Å²) in [5.74, 6) is -2.14. The third-order valence-corrected chi connectivity index (χ3v) is 3.39. The maximum atomic E-state index is 14.0. The number of benzene rings is 2. The van der Waals surface area contributed by atoms with Crippen molar-refractivity contribution in [2.45, 2.75) is 25.6 Å². The second-order valence-electron chi connectivity index (χ2n) is 5.45. The Balaban J connectivity index is 2.61. The topological polar surface area (TPSA) is 89.7 Å². The maximum Gasteiger partial charge on any atom is 0.347 e. The molecule has 1 atom stereocenters. The summed E-state index contributed by atoms with van der Waals surface area (Å²) in [6.07, 6.45) is -0.504. The number of nitro benzene ring substituents is 1. The van der Waals surface area contributed by atoms with Gasteiger partial charge in [-0.3, -0.25) is 10.1 Å². The summed E-state index contributed by atoms with van der Waals surface area (Å²) >= 11 is 0. The summed E-state index contributed by atoms with van der Waals surface area (Å²) in [5.41, 5.74) is -3.00. The van der Waals surface area contributed by atoms with Crippen LogP contribution in [0.15, 0.2) is 48.5 Å². The van der Waals surface area contributed by atoms with Crippen LogP contribution in [-0.4, -0.2) is 22.1 Å². The lowest BCUT2D eigenvalue weighted by Crippen LogP contribution is -2.39. The normalized spacial score (nSPS) is 13.4. The predicted molar refractivity (Wildman–Crippen MR) is 83.7 cm³/mol. The fourth-order valence-electron chi connectivity index (χ4n) is 2.26. The number of nitro groups is 1. The van der Waals surface area contributed by atoms with Gasteiger partial charge >= 0.3 is 11.7 Å². The lowest BCUT2D eigenvalue weighted by Gasteiger charge is -2.28. The molecule has 0 aliphatic heterocycles. The van der Waals surface area contributed by atoms with Gasteiger partial charge in [-0.2, -0.15) is 4.39 Å². The van der Waals surface area contributed by atoms with Crippen LogP contribution >= 0.6 is 0 Å². The molecule has 0 fully saturated rings. The van der Waals surface area contributed by atoms with Crippen molar-refractivity contribution >= 4 is 11.7 Å². The highest BCUT2D eigenvalue weighted by atomic mass is 19.1. The largest absolute Gasteiger partial charge is 0.460 e. The maximum absolute atomic E-state index is 14.0. The number of hydrogen-bond donors (Lipinski definition) is 1. The molecule has 0 aliphatic rings. The van der Waals surface area contributed by atoms with E-state index in [0.717, 1.165) is 18.2 Å². The van der Waals surface area contributed by atoms with E-state index >= 15 is 0 Å². The number of esters is 1. The van der Waals surface area contributed by atoms with Crippen molar-refractivity contribution in [1.82, 2.24) is 0 Å². The average molecular weight is 333 g/mol. The molecule has 126 valence electrons. The predicted octanol–water partition coefficient (Wildman–Crippen LogP) is 2.92. The number of nitrogens with zero attached hydrogens (tertiary/aromatic N) is 1. The summed E-state index contributed by atoms with van der Waals surface area (Å²) in [7, 11) is 0. The van der Waals surface area contributed by atoms with Crippen LogP contribution in [0.3, 0.4) is 0 Å². The van der Waals surface area contributed by atoms with Crippen LogP contribution in [0, 0.1) is 15.9 Å². The van der Waals surface area contributed by atoms with E-state index in [-0.39, 0.29) is 11.1 Å². The third-order valence-electron chi connectivity index (χ3n) is 3.39. The van der Waals surface area contributed by atoms with Gasteiger partial charge in [-0.25, -0.2) is 4.79 Å². The molecular formula is C17H16FNO5. The van der Waals surface area contributed by atoms with Gasteiger partial charge in [-0.05, 0) is 31.5 Å². The van der Waals surface area contributed by atoms with E-state index in [1.54, 1.807) is 32.0 Å². The highest BCUT2D eigenvalue weighted by Crippen LogP contribution is 2.33. The molecule has 2 rings (SSSR count). The van der Waals surface area contributed by atoms with Crippen molar-refractivity contribution in [2.75, 3.05) is 0 Å². The highest BCUT2D eigenvalue weighted by Gasteiger charge is 2.43.